The van der Waals surface area contributed by atoms with Crippen LogP contribution >= 0.6 is 11.3 Å². The highest BCUT2D eigenvalue weighted by Gasteiger charge is 2.43. The first kappa shape index (κ1) is 13.4. The summed E-state index contributed by atoms with van der Waals surface area (Å²) >= 11 is 1.39. The third-order valence-corrected chi connectivity index (χ3v) is 4.72. The van der Waals surface area contributed by atoms with Gasteiger partial charge in [0.1, 0.15) is 6.17 Å². The van der Waals surface area contributed by atoms with Crippen LogP contribution in [0.25, 0.3) is 21.5 Å². The van der Waals surface area contributed by atoms with E-state index in [2.05, 4.69) is 20.5 Å². The first-order valence-electron chi connectivity index (χ1n) is 6.97. The molecule has 0 spiro atoms. The molecule has 3 aromatic rings. The van der Waals surface area contributed by atoms with E-state index in [1.54, 1.807) is 6.20 Å². The molecular formula is C15H13FN4OS. The number of benzene rings is 1. The lowest BCUT2D eigenvalue weighted by molar-refractivity contribution is -0.117. The van der Waals surface area contributed by atoms with E-state index in [9.17, 15) is 9.18 Å². The molecule has 0 radical (unpaired) electrons. The number of halogens is 1. The van der Waals surface area contributed by atoms with Crippen LogP contribution in [0.5, 0.6) is 0 Å². The van der Waals surface area contributed by atoms with Gasteiger partial charge in [0.15, 0.2) is 5.13 Å². The number of nitrogens with one attached hydrogen (secondary N) is 2. The van der Waals surface area contributed by atoms with Crippen LogP contribution in [0.15, 0.2) is 24.4 Å². The molecule has 5 nitrogen and oxygen atoms in total. The van der Waals surface area contributed by atoms with Crippen LogP contribution in [-0.2, 0) is 4.79 Å². The largest absolute Gasteiger partial charge is 0.302 e. The number of hydrogen-bond donors (Lipinski definition) is 2. The zero-order valence-electron chi connectivity index (χ0n) is 11.8. The number of nitrogens with zero attached hydrogens (tertiary/aromatic N) is 2. The Kier molecular flexibility index (Phi) is 2.97. The van der Waals surface area contributed by atoms with E-state index >= 15 is 0 Å². The third kappa shape index (κ3) is 2.27. The molecule has 1 unspecified atom stereocenters. The van der Waals surface area contributed by atoms with Crippen molar-refractivity contribution in [2.24, 2.45) is 5.92 Å². The fraction of sp³-hybridized carbons (Fsp3) is 0.267. The van der Waals surface area contributed by atoms with E-state index in [1.807, 2.05) is 25.1 Å². The Morgan fingerprint density at radius 2 is 2.32 bits per heavy atom. The molecule has 1 aliphatic carbocycles. The monoisotopic (exact) mass is 316 g/mol. The summed E-state index contributed by atoms with van der Waals surface area (Å²) in [6.45, 7) is 1.99. The number of anilines is 1. The van der Waals surface area contributed by atoms with Gasteiger partial charge in [-0.3, -0.25) is 9.89 Å². The minimum absolute atomic E-state index is 0.281. The number of alkyl halides is 1. The van der Waals surface area contributed by atoms with Crippen LogP contribution in [0.2, 0.25) is 0 Å². The minimum atomic E-state index is -0.996. The molecule has 1 amide bonds. The lowest BCUT2D eigenvalue weighted by Crippen LogP contribution is -2.14. The molecule has 0 bridgehead atoms. The predicted octanol–water partition coefficient (Wildman–Crippen LogP) is 3.29. The second kappa shape index (κ2) is 4.88. The first-order chi connectivity index (χ1) is 10.6. The fourth-order valence-corrected chi connectivity index (χ4v) is 3.31. The maximum Gasteiger partial charge on any atom is 0.232 e. The predicted molar refractivity (Wildman–Crippen MR) is 83.6 cm³/mol. The minimum Gasteiger partial charge on any atom is -0.302 e. The summed E-state index contributed by atoms with van der Waals surface area (Å²) in [5, 5.41) is 10.2. The lowest BCUT2D eigenvalue weighted by atomic mass is 10.1. The highest BCUT2D eigenvalue weighted by molar-refractivity contribution is 7.22. The van der Waals surface area contributed by atoms with E-state index < -0.39 is 12.1 Å². The van der Waals surface area contributed by atoms with Gasteiger partial charge in [0.2, 0.25) is 5.91 Å². The van der Waals surface area contributed by atoms with Crippen molar-refractivity contribution in [2.45, 2.75) is 19.5 Å². The second-order valence-corrected chi connectivity index (χ2v) is 6.51. The lowest BCUT2D eigenvalue weighted by Gasteiger charge is -1.98. The van der Waals surface area contributed by atoms with Gasteiger partial charge in [0.05, 0.1) is 28.0 Å². The number of aryl methyl sites for hydroxylation is 1. The molecule has 1 aliphatic rings. The quantitative estimate of drug-likeness (QED) is 0.779. The number of H-pyrrole nitrogens is 1. The SMILES string of the molecule is Cc1cn[nH]c1-c1ccc2nc(NC(=O)[C@@H]3CC3F)sc2c1. The molecule has 2 aromatic heterocycles. The Hall–Kier alpha value is -2.28. The Labute approximate surface area is 129 Å². The van der Waals surface area contributed by atoms with Crippen molar-refractivity contribution in [1.82, 2.24) is 15.2 Å². The zero-order valence-corrected chi connectivity index (χ0v) is 12.6. The maximum absolute atomic E-state index is 12.9. The highest BCUT2D eigenvalue weighted by Crippen LogP contribution is 2.36. The molecule has 7 heteroatoms. The molecule has 112 valence electrons. The number of hydrogen-bond acceptors (Lipinski definition) is 4. The van der Waals surface area contributed by atoms with Crippen LogP contribution < -0.4 is 5.32 Å². The number of thiazole rings is 1. The van der Waals surface area contributed by atoms with Gasteiger partial charge in [-0.15, -0.1) is 0 Å². The van der Waals surface area contributed by atoms with E-state index in [0.29, 0.717) is 11.6 Å². The van der Waals surface area contributed by atoms with Crippen molar-refractivity contribution in [3.8, 4) is 11.3 Å². The summed E-state index contributed by atoms with van der Waals surface area (Å²) in [5.41, 5.74) is 3.88. The number of carbonyl (C=O) groups is 1. The molecule has 2 N–H and O–H groups in total. The highest BCUT2D eigenvalue weighted by atomic mass is 32.1. The van der Waals surface area contributed by atoms with E-state index in [-0.39, 0.29) is 5.91 Å². The molecule has 22 heavy (non-hydrogen) atoms. The van der Waals surface area contributed by atoms with Crippen molar-refractivity contribution in [3.63, 3.8) is 0 Å². The van der Waals surface area contributed by atoms with Crippen LogP contribution in [-0.4, -0.2) is 27.3 Å². The first-order valence-corrected chi connectivity index (χ1v) is 7.79. The van der Waals surface area contributed by atoms with Crippen molar-refractivity contribution in [3.05, 3.63) is 30.0 Å². The number of fused-ring (bicyclic) bond motifs is 1. The molecule has 2 heterocycles. The van der Waals surface area contributed by atoms with Crippen molar-refractivity contribution >= 4 is 32.6 Å². The summed E-state index contributed by atoms with van der Waals surface area (Å²) in [7, 11) is 0. The standard InChI is InChI=1S/C15H13FN4OS/c1-7-6-17-20-13(7)8-2-3-11-12(4-8)22-15(18-11)19-14(21)9-5-10(9)16/h2-4,6,9-10H,5H2,1H3,(H,17,20)(H,18,19,21)/t9-,10?/m1/s1. The summed E-state index contributed by atoms with van der Waals surface area (Å²) in [6.07, 6.45) is 1.10. The second-order valence-electron chi connectivity index (χ2n) is 5.48. The van der Waals surface area contributed by atoms with Gasteiger partial charge in [-0.25, -0.2) is 9.37 Å². The average Bonchev–Trinajstić information content (AvgIpc) is 2.90. The molecule has 1 aromatic carbocycles. The van der Waals surface area contributed by atoms with Gasteiger partial charge < -0.3 is 5.32 Å². The summed E-state index contributed by atoms with van der Waals surface area (Å²) in [4.78, 5) is 16.1. The Balaban J connectivity index is 1.63. The topological polar surface area (TPSA) is 70.7 Å². The number of aromatic amines is 1. The third-order valence-electron chi connectivity index (χ3n) is 3.79. The summed E-state index contributed by atoms with van der Waals surface area (Å²) in [6, 6.07) is 5.89. The average molecular weight is 316 g/mol. The van der Waals surface area contributed by atoms with Gasteiger partial charge in [-0.05, 0) is 31.0 Å². The van der Waals surface area contributed by atoms with Crippen molar-refractivity contribution in [1.29, 1.82) is 0 Å². The zero-order chi connectivity index (χ0) is 15.3. The van der Waals surface area contributed by atoms with Crippen LogP contribution in [0.1, 0.15) is 12.0 Å². The van der Waals surface area contributed by atoms with E-state index in [4.69, 9.17) is 0 Å². The van der Waals surface area contributed by atoms with Gasteiger partial charge in [-0.2, -0.15) is 5.10 Å². The Morgan fingerprint density at radius 1 is 1.50 bits per heavy atom. The number of rotatable bonds is 3. The van der Waals surface area contributed by atoms with Crippen LogP contribution in [0.4, 0.5) is 9.52 Å². The number of amides is 1. The van der Waals surface area contributed by atoms with E-state index in [1.165, 1.54) is 11.3 Å². The Bertz CT molecular complexity index is 871. The number of aromatic nitrogens is 3. The van der Waals surface area contributed by atoms with Crippen LogP contribution in [0.3, 0.4) is 0 Å². The van der Waals surface area contributed by atoms with Gasteiger partial charge in [-0.1, -0.05) is 17.4 Å². The van der Waals surface area contributed by atoms with E-state index in [0.717, 1.165) is 27.0 Å². The summed E-state index contributed by atoms with van der Waals surface area (Å²) < 4.78 is 13.9. The normalized spacial score (nSPS) is 20.3. The smallest absolute Gasteiger partial charge is 0.232 e. The van der Waals surface area contributed by atoms with Gasteiger partial charge >= 0.3 is 0 Å². The van der Waals surface area contributed by atoms with Crippen molar-refractivity contribution in [2.75, 3.05) is 5.32 Å². The Morgan fingerprint density at radius 3 is 3.00 bits per heavy atom. The van der Waals surface area contributed by atoms with Gasteiger partial charge in [0.25, 0.3) is 0 Å². The molecule has 1 fully saturated rings. The molecule has 0 aliphatic heterocycles. The molecule has 4 rings (SSSR count). The molecular weight excluding hydrogens is 303 g/mol. The van der Waals surface area contributed by atoms with Gasteiger partial charge in [0, 0.05) is 5.56 Å². The van der Waals surface area contributed by atoms with Crippen molar-refractivity contribution < 1.29 is 9.18 Å². The number of carbonyl (C=O) groups excluding carboxylic acids is 1. The summed E-state index contributed by atoms with van der Waals surface area (Å²) in [5.74, 6) is -0.786. The molecule has 0 saturated heterocycles. The molecule has 2 atom stereocenters. The fourth-order valence-electron chi connectivity index (χ4n) is 2.41. The molecule has 1 saturated carbocycles. The van der Waals surface area contributed by atoms with Crippen LogP contribution in [0, 0.1) is 12.8 Å². The maximum atomic E-state index is 12.9.